The fourth-order valence-corrected chi connectivity index (χ4v) is 1.89. The molecule has 0 saturated heterocycles. The predicted molar refractivity (Wildman–Crippen MR) is 71.4 cm³/mol. The summed E-state index contributed by atoms with van der Waals surface area (Å²) in [5.74, 6) is 1.19. The summed E-state index contributed by atoms with van der Waals surface area (Å²) < 4.78 is 5.59. The minimum Gasteiger partial charge on any atom is -0.493 e. The van der Waals surface area contributed by atoms with E-state index in [1.807, 2.05) is 12.1 Å². The molecule has 0 heterocycles. The zero-order valence-electron chi connectivity index (χ0n) is 9.64. The van der Waals surface area contributed by atoms with Crippen molar-refractivity contribution in [3.63, 3.8) is 0 Å². The van der Waals surface area contributed by atoms with E-state index in [4.69, 9.17) is 16.3 Å². The van der Waals surface area contributed by atoms with E-state index in [0.29, 0.717) is 23.6 Å². The molecule has 0 aliphatic carbocycles. The van der Waals surface area contributed by atoms with Gasteiger partial charge < -0.3 is 4.74 Å². The van der Waals surface area contributed by atoms with Gasteiger partial charge in [-0.3, -0.25) is 10.1 Å². The summed E-state index contributed by atoms with van der Waals surface area (Å²) >= 11 is 5.58. The molecule has 0 radical (unpaired) electrons. The molecule has 0 unspecified atom stereocenters. The molecule has 4 nitrogen and oxygen atoms in total. The van der Waals surface area contributed by atoms with Gasteiger partial charge >= 0.3 is 0 Å². The highest BCUT2D eigenvalue weighted by atomic mass is 35.5. The number of ether oxygens (including phenoxy) is 1. The Hall–Kier alpha value is -1.81. The van der Waals surface area contributed by atoms with Crippen molar-refractivity contribution in [1.29, 1.82) is 0 Å². The normalized spacial score (nSPS) is 10.5. The van der Waals surface area contributed by atoms with Gasteiger partial charge in [0.2, 0.25) is 0 Å². The maximum absolute atomic E-state index is 10.9. The van der Waals surface area contributed by atoms with Crippen molar-refractivity contribution in [2.24, 2.45) is 0 Å². The highest BCUT2D eigenvalue weighted by molar-refractivity contribution is 6.17. The molecule has 0 saturated carbocycles. The van der Waals surface area contributed by atoms with Gasteiger partial charge in [0, 0.05) is 17.3 Å². The number of rotatable bonds is 5. The smallest absolute Gasteiger partial charge is 0.277 e. The Morgan fingerprint density at radius 3 is 2.56 bits per heavy atom. The second-order valence-corrected chi connectivity index (χ2v) is 4.15. The van der Waals surface area contributed by atoms with E-state index in [2.05, 4.69) is 0 Å². The number of alkyl halides is 1. The van der Waals surface area contributed by atoms with Crippen LogP contribution in [0.25, 0.3) is 10.8 Å². The van der Waals surface area contributed by atoms with Crippen molar-refractivity contribution >= 4 is 28.1 Å². The molecule has 18 heavy (non-hydrogen) atoms. The number of fused-ring (bicyclic) bond motifs is 1. The van der Waals surface area contributed by atoms with Crippen LogP contribution in [0.5, 0.6) is 5.75 Å². The van der Waals surface area contributed by atoms with Gasteiger partial charge in [-0.2, -0.15) is 0 Å². The Balaban J connectivity index is 2.44. The SMILES string of the molecule is O=[N+]([O-])c1ccc(OCCCCl)c2ccccc12. The second-order valence-electron chi connectivity index (χ2n) is 3.78. The number of nitro groups is 1. The van der Waals surface area contributed by atoms with Crippen molar-refractivity contribution < 1.29 is 9.66 Å². The highest BCUT2D eigenvalue weighted by Crippen LogP contribution is 2.32. The number of nitro benzene ring substituents is 1. The van der Waals surface area contributed by atoms with E-state index in [1.165, 1.54) is 6.07 Å². The zero-order valence-corrected chi connectivity index (χ0v) is 10.4. The lowest BCUT2D eigenvalue weighted by molar-refractivity contribution is -0.383. The van der Waals surface area contributed by atoms with Gasteiger partial charge in [-0.05, 0) is 18.6 Å². The molecule has 0 amide bonds. The first-order valence-corrected chi connectivity index (χ1v) is 6.12. The minimum atomic E-state index is -0.384. The van der Waals surface area contributed by atoms with Gasteiger partial charge in [0.05, 0.1) is 16.9 Å². The summed E-state index contributed by atoms with van der Waals surface area (Å²) in [4.78, 5) is 10.5. The lowest BCUT2D eigenvalue weighted by Crippen LogP contribution is -1.99. The number of hydrogen-bond donors (Lipinski definition) is 0. The molecule has 5 heteroatoms. The maximum Gasteiger partial charge on any atom is 0.277 e. The minimum absolute atomic E-state index is 0.0929. The summed E-state index contributed by atoms with van der Waals surface area (Å²) in [6.07, 6.45) is 0.743. The zero-order chi connectivity index (χ0) is 13.0. The van der Waals surface area contributed by atoms with Gasteiger partial charge in [0.1, 0.15) is 5.75 Å². The quantitative estimate of drug-likeness (QED) is 0.358. The Bertz CT molecular complexity index is 571. The summed E-state index contributed by atoms with van der Waals surface area (Å²) in [7, 11) is 0. The van der Waals surface area contributed by atoms with Crippen LogP contribution in [0.15, 0.2) is 36.4 Å². The largest absolute Gasteiger partial charge is 0.493 e. The molecular formula is C13H12ClNO3. The lowest BCUT2D eigenvalue weighted by atomic mass is 10.1. The van der Waals surface area contributed by atoms with Gasteiger partial charge in [-0.1, -0.05) is 18.2 Å². The number of benzene rings is 2. The molecule has 0 atom stereocenters. The van der Waals surface area contributed by atoms with Crippen molar-refractivity contribution in [1.82, 2.24) is 0 Å². The van der Waals surface area contributed by atoms with E-state index in [1.54, 1.807) is 18.2 Å². The molecule has 0 N–H and O–H groups in total. The highest BCUT2D eigenvalue weighted by Gasteiger charge is 2.14. The summed E-state index contributed by atoms with van der Waals surface area (Å²) in [6, 6.07) is 10.3. The Labute approximate surface area is 109 Å². The fraction of sp³-hybridized carbons (Fsp3) is 0.231. The van der Waals surface area contributed by atoms with Crippen LogP contribution in [0.1, 0.15) is 6.42 Å². The lowest BCUT2D eigenvalue weighted by Gasteiger charge is -2.08. The number of halogens is 1. The third-order valence-electron chi connectivity index (χ3n) is 2.59. The average molecular weight is 266 g/mol. The topological polar surface area (TPSA) is 52.4 Å². The van der Waals surface area contributed by atoms with Gasteiger partial charge in [-0.15, -0.1) is 11.6 Å². The van der Waals surface area contributed by atoms with Crippen LogP contribution in [0.3, 0.4) is 0 Å². The Morgan fingerprint density at radius 1 is 1.17 bits per heavy atom. The monoisotopic (exact) mass is 265 g/mol. The fourth-order valence-electron chi connectivity index (χ4n) is 1.78. The first-order valence-electron chi connectivity index (χ1n) is 5.59. The van der Waals surface area contributed by atoms with Crippen molar-refractivity contribution in [2.45, 2.75) is 6.42 Å². The first-order chi connectivity index (χ1) is 8.74. The standard InChI is InChI=1S/C13H12ClNO3/c14-8-3-9-18-13-7-6-12(15(16)17)10-4-1-2-5-11(10)13/h1-2,4-7H,3,8-9H2. The van der Waals surface area contributed by atoms with Crippen molar-refractivity contribution in [3.05, 3.63) is 46.5 Å². The van der Waals surface area contributed by atoms with E-state index >= 15 is 0 Å². The molecular weight excluding hydrogens is 254 g/mol. The number of nitrogens with zero attached hydrogens (tertiary/aromatic N) is 1. The van der Waals surface area contributed by atoms with E-state index in [9.17, 15) is 10.1 Å². The third-order valence-corrected chi connectivity index (χ3v) is 2.86. The molecule has 0 aliphatic rings. The van der Waals surface area contributed by atoms with Gasteiger partial charge in [-0.25, -0.2) is 0 Å². The van der Waals surface area contributed by atoms with Crippen molar-refractivity contribution in [3.8, 4) is 5.75 Å². The molecule has 0 spiro atoms. The van der Waals surface area contributed by atoms with E-state index < -0.39 is 0 Å². The molecule has 2 aromatic carbocycles. The first kappa shape index (κ1) is 12.6. The van der Waals surface area contributed by atoms with E-state index in [0.717, 1.165) is 11.8 Å². The molecule has 0 aromatic heterocycles. The molecule has 0 fully saturated rings. The van der Waals surface area contributed by atoms with Crippen LogP contribution >= 0.6 is 11.6 Å². The molecule has 2 aromatic rings. The maximum atomic E-state index is 10.9. The van der Waals surface area contributed by atoms with Crippen LogP contribution in [-0.2, 0) is 0 Å². The van der Waals surface area contributed by atoms with Crippen LogP contribution < -0.4 is 4.74 Å². The van der Waals surface area contributed by atoms with Crippen molar-refractivity contribution in [2.75, 3.05) is 12.5 Å². The Kier molecular flexibility index (Phi) is 3.99. The van der Waals surface area contributed by atoms with Crippen LogP contribution in [0.4, 0.5) is 5.69 Å². The van der Waals surface area contributed by atoms with Gasteiger partial charge in [0.15, 0.2) is 0 Å². The summed E-state index contributed by atoms with van der Waals surface area (Å²) in [6.45, 7) is 0.505. The average Bonchev–Trinajstić information content (AvgIpc) is 2.38. The predicted octanol–water partition coefficient (Wildman–Crippen LogP) is 3.76. The Morgan fingerprint density at radius 2 is 1.89 bits per heavy atom. The molecule has 2 rings (SSSR count). The van der Waals surface area contributed by atoms with Crippen LogP contribution in [0, 0.1) is 10.1 Å². The third kappa shape index (κ3) is 2.54. The van der Waals surface area contributed by atoms with Crippen LogP contribution in [0.2, 0.25) is 0 Å². The molecule has 94 valence electrons. The molecule has 0 bridgehead atoms. The number of hydrogen-bond acceptors (Lipinski definition) is 3. The van der Waals surface area contributed by atoms with E-state index in [-0.39, 0.29) is 10.6 Å². The second kappa shape index (κ2) is 5.69. The summed E-state index contributed by atoms with van der Waals surface area (Å²) in [5, 5.41) is 12.3. The summed E-state index contributed by atoms with van der Waals surface area (Å²) in [5.41, 5.74) is 0.0929. The molecule has 0 aliphatic heterocycles. The van der Waals surface area contributed by atoms with Gasteiger partial charge in [0.25, 0.3) is 5.69 Å². The number of non-ortho nitro benzene ring substituents is 1. The van der Waals surface area contributed by atoms with Crippen LogP contribution in [-0.4, -0.2) is 17.4 Å².